The molecule has 0 aliphatic rings. The van der Waals surface area contributed by atoms with Crippen molar-refractivity contribution in [3.05, 3.63) is 54.6 Å². The Morgan fingerprint density at radius 1 is 0.885 bits per heavy atom. The summed E-state index contributed by atoms with van der Waals surface area (Å²) in [6.45, 7) is 0. The van der Waals surface area contributed by atoms with Crippen LogP contribution in [0.3, 0.4) is 0 Å². The van der Waals surface area contributed by atoms with Crippen molar-refractivity contribution in [3.8, 4) is 0 Å². The number of rotatable bonds is 4. The number of carbonyl (C=O) groups excluding carboxylic acids is 1. The molecule has 0 saturated heterocycles. The second-order valence-electron chi connectivity index (χ2n) is 4.89. The first-order valence-corrected chi connectivity index (χ1v) is 9.97. The van der Waals surface area contributed by atoms with E-state index in [1.807, 2.05) is 0 Å². The van der Waals surface area contributed by atoms with Crippen LogP contribution in [0.15, 0.2) is 69.5 Å². The molecular weight excluding hydrogens is 382 g/mol. The molecule has 10 nitrogen and oxygen atoms in total. The number of nitrogens with one attached hydrogen (secondary N) is 2. The lowest BCUT2D eigenvalue weighted by Gasteiger charge is -2.08. The maximum absolute atomic E-state index is 12.6. The van der Waals surface area contributed by atoms with Gasteiger partial charge in [0.25, 0.3) is 5.91 Å². The van der Waals surface area contributed by atoms with E-state index in [0.29, 0.717) is 0 Å². The predicted molar refractivity (Wildman–Crippen MR) is 94.8 cm³/mol. The summed E-state index contributed by atoms with van der Waals surface area (Å²) >= 11 is 0. The molecule has 0 aromatic heterocycles. The zero-order chi connectivity index (χ0) is 19.4. The minimum Gasteiger partial charge on any atom is -0.288 e. The fourth-order valence-electron chi connectivity index (χ4n) is 1.84. The standard InChI is InChI=1S/C14H15N5O5S2/c15-17-13(20)14(25(21,22)11-4-2-1-3-5-11)19-18-10-6-8-12(9-7-10)26(16,23)24/h1-9,18H,15H2,(H,17,20)(H2,16,23,24)/b19-14-. The lowest BCUT2D eigenvalue weighted by atomic mass is 10.3. The van der Waals surface area contributed by atoms with Gasteiger partial charge >= 0.3 is 0 Å². The van der Waals surface area contributed by atoms with Crippen LogP contribution in [0.5, 0.6) is 0 Å². The van der Waals surface area contributed by atoms with Crippen LogP contribution < -0.4 is 21.8 Å². The Balaban J connectivity index is 2.38. The first-order valence-electron chi connectivity index (χ1n) is 6.94. The Bertz CT molecular complexity index is 1030. The number of nitrogens with two attached hydrogens (primary N) is 2. The fraction of sp³-hybridized carbons (Fsp3) is 0. The summed E-state index contributed by atoms with van der Waals surface area (Å²) in [6, 6.07) is 12.2. The van der Waals surface area contributed by atoms with Gasteiger partial charge in [0.2, 0.25) is 24.9 Å². The largest absolute Gasteiger partial charge is 0.297 e. The summed E-state index contributed by atoms with van der Waals surface area (Å²) in [5.41, 5.74) is 4.32. The molecule has 138 valence electrons. The molecule has 0 saturated carbocycles. The maximum atomic E-state index is 12.6. The van der Waals surface area contributed by atoms with Gasteiger partial charge in [-0.2, -0.15) is 5.10 Å². The molecule has 2 aromatic rings. The zero-order valence-corrected chi connectivity index (χ0v) is 14.8. The normalized spacial score (nSPS) is 12.5. The molecular formula is C14H15N5O5S2. The van der Waals surface area contributed by atoms with Gasteiger partial charge in [-0.15, -0.1) is 0 Å². The Hall–Kier alpha value is -2.80. The van der Waals surface area contributed by atoms with Crippen LogP contribution in [0.2, 0.25) is 0 Å². The maximum Gasteiger partial charge on any atom is 0.297 e. The van der Waals surface area contributed by atoms with Crippen molar-refractivity contribution in [2.24, 2.45) is 16.1 Å². The highest BCUT2D eigenvalue weighted by atomic mass is 32.2. The molecule has 0 bridgehead atoms. The smallest absolute Gasteiger partial charge is 0.288 e. The van der Waals surface area contributed by atoms with Gasteiger partial charge in [-0.1, -0.05) is 18.2 Å². The van der Waals surface area contributed by atoms with Crippen molar-refractivity contribution >= 4 is 36.5 Å². The number of amides is 1. The number of benzene rings is 2. The predicted octanol–water partition coefficient (Wildman–Crippen LogP) is -0.477. The number of nitrogens with zero attached hydrogens (tertiary/aromatic N) is 1. The zero-order valence-electron chi connectivity index (χ0n) is 13.2. The van der Waals surface area contributed by atoms with Crippen molar-refractivity contribution in [1.82, 2.24) is 5.43 Å². The number of anilines is 1. The molecule has 1 amide bonds. The van der Waals surface area contributed by atoms with Gasteiger partial charge in [-0.3, -0.25) is 15.6 Å². The van der Waals surface area contributed by atoms with E-state index in [1.165, 1.54) is 48.5 Å². The fourth-order valence-corrected chi connectivity index (χ4v) is 3.56. The van der Waals surface area contributed by atoms with Gasteiger partial charge in [0.15, 0.2) is 0 Å². The third-order valence-electron chi connectivity index (χ3n) is 3.10. The molecule has 26 heavy (non-hydrogen) atoms. The van der Waals surface area contributed by atoms with Crippen LogP contribution in [-0.4, -0.2) is 27.8 Å². The molecule has 0 heterocycles. The molecule has 0 aliphatic carbocycles. The average molecular weight is 397 g/mol. The quantitative estimate of drug-likeness (QED) is 0.177. The first-order chi connectivity index (χ1) is 12.2. The van der Waals surface area contributed by atoms with E-state index in [0.717, 1.165) is 0 Å². The molecule has 0 unspecified atom stereocenters. The van der Waals surface area contributed by atoms with Crippen molar-refractivity contribution in [3.63, 3.8) is 0 Å². The Morgan fingerprint density at radius 3 is 1.96 bits per heavy atom. The lowest BCUT2D eigenvalue weighted by molar-refractivity contribution is -0.114. The summed E-state index contributed by atoms with van der Waals surface area (Å²) in [4.78, 5) is 11.6. The van der Waals surface area contributed by atoms with E-state index in [2.05, 4.69) is 10.5 Å². The van der Waals surface area contributed by atoms with E-state index < -0.39 is 30.8 Å². The SMILES string of the molecule is NNC(=O)/C(=N/Nc1ccc(S(N)(=O)=O)cc1)S(=O)(=O)c1ccccc1. The first kappa shape index (κ1) is 19.5. The Labute approximate surface area is 149 Å². The number of carbonyl (C=O) groups is 1. The van der Waals surface area contributed by atoms with E-state index >= 15 is 0 Å². The van der Waals surface area contributed by atoms with Crippen LogP contribution in [0, 0.1) is 0 Å². The minimum absolute atomic E-state index is 0.135. The molecule has 2 aromatic carbocycles. The molecule has 2 rings (SSSR count). The van der Waals surface area contributed by atoms with Crippen LogP contribution in [0.25, 0.3) is 0 Å². The number of hydrogen-bond donors (Lipinski definition) is 4. The monoisotopic (exact) mass is 397 g/mol. The number of sulfone groups is 1. The number of hydrazone groups is 1. The van der Waals surface area contributed by atoms with E-state index in [1.54, 1.807) is 11.5 Å². The minimum atomic E-state index is -4.23. The van der Waals surface area contributed by atoms with E-state index in [9.17, 15) is 21.6 Å². The molecule has 0 fully saturated rings. The highest BCUT2D eigenvalue weighted by Crippen LogP contribution is 2.15. The van der Waals surface area contributed by atoms with Crippen molar-refractivity contribution < 1.29 is 21.6 Å². The third kappa shape index (κ3) is 4.43. The summed E-state index contributed by atoms with van der Waals surface area (Å²) in [5.74, 6) is 3.91. The second kappa shape index (κ2) is 7.61. The number of primary sulfonamides is 1. The van der Waals surface area contributed by atoms with Gasteiger partial charge in [0.05, 0.1) is 15.5 Å². The summed E-state index contributed by atoms with van der Waals surface area (Å²) in [7, 11) is -8.10. The van der Waals surface area contributed by atoms with E-state index in [4.69, 9.17) is 11.0 Å². The van der Waals surface area contributed by atoms with Crippen molar-refractivity contribution in [2.45, 2.75) is 9.79 Å². The highest BCUT2D eigenvalue weighted by Gasteiger charge is 2.29. The lowest BCUT2D eigenvalue weighted by Crippen LogP contribution is -2.40. The van der Waals surface area contributed by atoms with Gasteiger partial charge < -0.3 is 0 Å². The molecule has 6 N–H and O–H groups in total. The summed E-state index contributed by atoms with van der Waals surface area (Å²) in [5, 5.41) is 7.74. The van der Waals surface area contributed by atoms with Gasteiger partial charge in [0.1, 0.15) is 0 Å². The highest BCUT2D eigenvalue weighted by molar-refractivity contribution is 8.08. The second-order valence-corrected chi connectivity index (χ2v) is 8.31. The van der Waals surface area contributed by atoms with Crippen molar-refractivity contribution in [1.29, 1.82) is 0 Å². The number of hydrogen-bond acceptors (Lipinski definition) is 8. The Kier molecular flexibility index (Phi) is 5.72. The molecule has 0 radical (unpaired) electrons. The van der Waals surface area contributed by atoms with Crippen molar-refractivity contribution in [2.75, 3.05) is 5.43 Å². The van der Waals surface area contributed by atoms with Gasteiger partial charge in [-0.25, -0.2) is 27.8 Å². The Morgan fingerprint density at radius 2 is 1.46 bits per heavy atom. The van der Waals surface area contributed by atoms with Crippen LogP contribution >= 0.6 is 0 Å². The molecule has 0 spiro atoms. The summed E-state index contributed by atoms with van der Waals surface area (Å²) in [6.07, 6.45) is 0. The molecule has 12 heteroatoms. The van der Waals surface area contributed by atoms with Crippen LogP contribution in [0.1, 0.15) is 0 Å². The number of hydrazine groups is 1. The topological polar surface area (TPSA) is 174 Å². The van der Waals surface area contributed by atoms with Crippen LogP contribution in [0.4, 0.5) is 5.69 Å². The van der Waals surface area contributed by atoms with Crippen LogP contribution in [-0.2, 0) is 24.7 Å². The van der Waals surface area contributed by atoms with Gasteiger partial charge in [-0.05, 0) is 36.4 Å². The molecule has 0 atom stereocenters. The molecule has 0 aliphatic heterocycles. The third-order valence-corrected chi connectivity index (χ3v) is 5.71. The average Bonchev–Trinajstić information content (AvgIpc) is 2.62. The van der Waals surface area contributed by atoms with E-state index in [-0.39, 0.29) is 15.5 Å². The van der Waals surface area contributed by atoms with Gasteiger partial charge in [0, 0.05) is 0 Å². The number of sulfonamides is 1. The summed E-state index contributed by atoms with van der Waals surface area (Å²) < 4.78 is 47.5.